The number of hydrogen-bond donors (Lipinski definition) is 1. The van der Waals surface area contributed by atoms with Crippen LogP contribution in [-0.4, -0.2) is 38.7 Å². The number of aliphatic hydroxyl groups is 1. The Morgan fingerprint density at radius 1 is 1.29 bits per heavy atom. The number of aromatic nitrogens is 2. The Morgan fingerprint density at radius 3 is 3.00 bits per heavy atom. The molecule has 1 aromatic heterocycles. The van der Waals surface area contributed by atoms with Crippen molar-refractivity contribution in [3.63, 3.8) is 0 Å². The summed E-state index contributed by atoms with van der Waals surface area (Å²) in [6, 6.07) is 0.390. The van der Waals surface area contributed by atoms with Crippen molar-refractivity contribution < 1.29 is 5.11 Å². The lowest BCUT2D eigenvalue weighted by molar-refractivity contribution is 0.0480. The standard InChI is InChI=1S/C13H17N3O/c17-13-8-3-9-6-16(12(13)11(9)4-8)7-10-5-14-1-2-15-10/h1-2,5,8-9,11-13,17H,3-4,6-7H2. The van der Waals surface area contributed by atoms with Crippen LogP contribution < -0.4 is 0 Å². The van der Waals surface area contributed by atoms with Crippen LogP contribution in [0.25, 0.3) is 0 Å². The molecule has 1 aliphatic heterocycles. The van der Waals surface area contributed by atoms with E-state index in [1.807, 2.05) is 6.20 Å². The van der Waals surface area contributed by atoms with Crippen molar-refractivity contribution in [1.29, 1.82) is 0 Å². The lowest BCUT2D eigenvalue weighted by Crippen LogP contribution is -2.40. The molecule has 2 heterocycles. The summed E-state index contributed by atoms with van der Waals surface area (Å²) in [6.45, 7) is 1.98. The Kier molecular flexibility index (Phi) is 2.05. The van der Waals surface area contributed by atoms with Gasteiger partial charge in [0.2, 0.25) is 0 Å². The van der Waals surface area contributed by atoms with Crippen LogP contribution in [0.5, 0.6) is 0 Å². The summed E-state index contributed by atoms with van der Waals surface area (Å²) >= 11 is 0. The fourth-order valence-electron chi connectivity index (χ4n) is 4.34. The van der Waals surface area contributed by atoms with Gasteiger partial charge in [-0.1, -0.05) is 0 Å². The summed E-state index contributed by atoms with van der Waals surface area (Å²) in [7, 11) is 0. The predicted molar refractivity (Wildman–Crippen MR) is 61.9 cm³/mol. The Labute approximate surface area is 101 Å². The topological polar surface area (TPSA) is 49.2 Å². The predicted octanol–water partition coefficient (Wildman–Crippen LogP) is 0.678. The van der Waals surface area contributed by atoms with E-state index in [0.717, 1.165) is 30.6 Å². The lowest BCUT2D eigenvalue weighted by atomic mass is 9.88. The molecule has 5 unspecified atom stereocenters. The third-order valence-corrected chi connectivity index (χ3v) is 4.93. The number of aliphatic hydroxyl groups excluding tert-OH is 1. The monoisotopic (exact) mass is 231 g/mol. The highest BCUT2D eigenvalue weighted by atomic mass is 16.3. The Bertz CT molecular complexity index is 422. The number of likely N-dealkylation sites (tertiary alicyclic amines) is 1. The molecular formula is C13H17N3O. The van der Waals surface area contributed by atoms with Crippen LogP contribution in [0.3, 0.4) is 0 Å². The highest BCUT2D eigenvalue weighted by molar-refractivity contribution is 5.12. The normalized spacial score (nSPS) is 43.5. The fourth-order valence-corrected chi connectivity index (χ4v) is 4.34. The summed E-state index contributed by atoms with van der Waals surface area (Å²) in [6.07, 6.45) is 7.66. The van der Waals surface area contributed by atoms with Crippen molar-refractivity contribution in [3.05, 3.63) is 24.3 Å². The average Bonchev–Trinajstić information content (AvgIpc) is 2.92. The van der Waals surface area contributed by atoms with Gasteiger partial charge < -0.3 is 5.11 Å². The number of hydrogen-bond acceptors (Lipinski definition) is 4. The van der Waals surface area contributed by atoms with Gasteiger partial charge in [-0.3, -0.25) is 14.9 Å². The highest BCUT2D eigenvalue weighted by Crippen LogP contribution is 2.55. The summed E-state index contributed by atoms with van der Waals surface area (Å²) in [5, 5.41) is 10.3. The van der Waals surface area contributed by atoms with Crippen LogP contribution in [0.15, 0.2) is 18.6 Å². The molecule has 2 saturated carbocycles. The van der Waals surface area contributed by atoms with Crippen molar-refractivity contribution in [1.82, 2.24) is 14.9 Å². The van der Waals surface area contributed by atoms with E-state index in [2.05, 4.69) is 14.9 Å². The largest absolute Gasteiger partial charge is 0.391 e. The second kappa shape index (κ2) is 3.50. The maximum atomic E-state index is 10.3. The molecule has 0 amide bonds. The van der Waals surface area contributed by atoms with Crippen LogP contribution in [0.4, 0.5) is 0 Å². The quantitative estimate of drug-likeness (QED) is 0.813. The molecule has 2 bridgehead atoms. The molecule has 1 saturated heterocycles. The molecule has 1 aromatic rings. The van der Waals surface area contributed by atoms with Crippen molar-refractivity contribution in [2.45, 2.75) is 31.5 Å². The minimum absolute atomic E-state index is 0.101. The van der Waals surface area contributed by atoms with Gasteiger partial charge in [-0.2, -0.15) is 0 Å². The molecule has 5 atom stereocenters. The summed E-state index contributed by atoms with van der Waals surface area (Å²) in [5.74, 6) is 2.14. The van der Waals surface area contributed by atoms with Gasteiger partial charge in [-0.25, -0.2) is 0 Å². The van der Waals surface area contributed by atoms with E-state index in [4.69, 9.17) is 0 Å². The SMILES string of the molecule is OC1C2CC3CN(Cc4cnccn4)C1C3C2. The first kappa shape index (κ1) is 9.97. The molecule has 17 heavy (non-hydrogen) atoms. The third-order valence-electron chi connectivity index (χ3n) is 4.93. The first-order chi connectivity index (χ1) is 8.33. The van der Waals surface area contributed by atoms with E-state index < -0.39 is 0 Å². The number of rotatable bonds is 2. The van der Waals surface area contributed by atoms with Crippen molar-refractivity contribution in [3.8, 4) is 0 Å². The average molecular weight is 231 g/mol. The van der Waals surface area contributed by atoms with E-state index in [-0.39, 0.29) is 6.10 Å². The van der Waals surface area contributed by atoms with E-state index in [9.17, 15) is 5.11 Å². The van der Waals surface area contributed by atoms with Crippen molar-refractivity contribution >= 4 is 0 Å². The number of fused-ring (bicyclic) bond motifs is 1. The molecule has 0 spiro atoms. The molecule has 4 heteroatoms. The summed E-state index contributed by atoms with van der Waals surface area (Å²) in [5.41, 5.74) is 1.02. The van der Waals surface area contributed by atoms with Crippen molar-refractivity contribution in [2.24, 2.45) is 17.8 Å². The van der Waals surface area contributed by atoms with E-state index in [0.29, 0.717) is 12.0 Å². The molecule has 4 rings (SSSR count). The molecular weight excluding hydrogens is 214 g/mol. The second-order valence-electron chi connectivity index (χ2n) is 5.76. The van der Waals surface area contributed by atoms with E-state index >= 15 is 0 Å². The molecule has 2 aliphatic carbocycles. The van der Waals surface area contributed by atoms with Gasteiger partial charge in [-0.05, 0) is 30.6 Å². The molecule has 1 N–H and O–H groups in total. The lowest BCUT2D eigenvalue weighted by Gasteiger charge is -2.28. The van der Waals surface area contributed by atoms with Gasteiger partial charge in [0, 0.05) is 37.7 Å². The van der Waals surface area contributed by atoms with Gasteiger partial charge in [-0.15, -0.1) is 0 Å². The fraction of sp³-hybridized carbons (Fsp3) is 0.692. The van der Waals surface area contributed by atoms with Gasteiger partial charge in [0.15, 0.2) is 0 Å². The maximum Gasteiger partial charge on any atom is 0.0726 e. The van der Waals surface area contributed by atoms with Gasteiger partial charge in [0.1, 0.15) is 0 Å². The zero-order chi connectivity index (χ0) is 11.4. The molecule has 90 valence electrons. The van der Waals surface area contributed by atoms with Crippen molar-refractivity contribution in [2.75, 3.05) is 6.54 Å². The van der Waals surface area contributed by atoms with E-state index in [1.165, 1.54) is 12.8 Å². The molecule has 0 aromatic carbocycles. The minimum Gasteiger partial charge on any atom is -0.391 e. The van der Waals surface area contributed by atoms with Crippen LogP contribution in [0.1, 0.15) is 18.5 Å². The summed E-state index contributed by atoms with van der Waals surface area (Å²) in [4.78, 5) is 10.9. The smallest absolute Gasteiger partial charge is 0.0726 e. The van der Waals surface area contributed by atoms with Gasteiger partial charge in [0.25, 0.3) is 0 Å². The van der Waals surface area contributed by atoms with Crippen LogP contribution >= 0.6 is 0 Å². The maximum absolute atomic E-state index is 10.3. The zero-order valence-electron chi connectivity index (χ0n) is 9.74. The Hall–Kier alpha value is -1.00. The Morgan fingerprint density at radius 2 is 2.24 bits per heavy atom. The van der Waals surface area contributed by atoms with Gasteiger partial charge in [0.05, 0.1) is 11.8 Å². The van der Waals surface area contributed by atoms with Crippen LogP contribution in [-0.2, 0) is 6.54 Å². The number of nitrogens with zero attached hydrogens (tertiary/aromatic N) is 3. The second-order valence-corrected chi connectivity index (χ2v) is 5.76. The van der Waals surface area contributed by atoms with E-state index in [1.54, 1.807) is 12.4 Å². The zero-order valence-corrected chi connectivity index (χ0v) is 9.74. The van der Waals surface area contributed by atoms with Crippen LogP contribution in [0, 0.1) is 17.8 Å². The molecule has 4 nitrogen and oxygen atoms in total. The molecule has 3 aliphatic rings. The van der Waals surface area contributed by atoms with Gasteiger partial charge >= 0.3 is 0 Å². The summed E-state index contributed by atoms with van der Waals surface area (Å²) < 4.78 is 0. The first-order valence-electron chi connectivity index (χ1n) is 6.50. The molecule has 0 radical (unpaired) electrons. The minimum atomic E-state index is -0.101. The Balaban J connectivity index is 1.57. The third kappa shape index (κ3) is 1.37. The molecule has 3 fully saturated rings. The first-order valence-corrected chi connectivity index (χ1v) is 6.50. The van der Waals surface area contributed by atoms with Crippen LogP contribution in [0.2, 0.25) is 0 Å². The highest BCUT2D eigenvalue weighted by Gasteiger charge is 2.58.